The van der Waals surface area contributed by atoms with Gasteiger partial charge in [0.15, 0.2) is 8.32 Å². The highest BCUT2D eigenvalue weighted by molar-refractivity contribution is 6.71. The number of rotatable bonds is 7. The van der Waals surface area contributed by atoms with Gasteiger partial charge in [-0.2, -0.15) is 0 Å². The Bertz CT molecular complexity index is 805. The highest BCUT2D eigenvalue weighted by Crippen LogP contribution is 2.68. The summed E-state index contributed by atoms with van der Waals surface area (Å²) < 4.78 is 13.3. The lowest BCUT2D eigenvalue weighted by molar-refractivity contribution is 0.0467. The number of fused-ring (bicyclic) bond motifs is 7. The fourth-order valence-corrected chi connectivity index (χ4v) is 11.2. The molecule has 0 amide bonds. The molecule has 9 atom stereocenters. The number of allylic oxidation sites excluding steroid dienone is 3. The zero-order valence-electron chi connectivity index (χ0n) is 21.3. The molecule has 4 unspecified atom stereocenters. The Hall–Kier alpha value is -0.0931. The Balaban J connectivity index is 1.39. The van der Waals surface area contributed by atoms with Crippen molar-refractivity contribution in [2.24, 2.45) is 34.5 Å². The Labute approximate surface area is 202 Å². The molecule has 180 valence electrons. The minimum Gasteiger partial charge on any atom is -0.411 e. The molecule has 0 radical (unpaired) electrons. The summed E-state index contributed by atoms with van der Waals surface area (Å²) in [6, 6.07) is 1.27. The average molecular weight is 477 g/mol. The maximum absolute atomic E-state index is 6.84. The number of hydrogen-bond acceptors (Lipinski definition) is 2. The second-order valence-corrected chi connectivity index (χ2v) is 17.4. The first kappa shape index (κ1) is 23.6. The summed E-state index contributed by atoms with van der Waals surface area (Å²) in [4.78, 5) is 0. The molecule has 1 heterocycles. The number of ether oxygens (including phenoxy) is 1. The van der Waals surface area contributed by atoms with E-state index in [1.54, 1.807) is 11.1 Å². The standard InChI is InChI=1S/C28H45ClO2Si/c1-7-8-15-32(5,6)31-24-16-19-9-10-20-22-12-11-21(18(2)17-29)27(22,3)14-13-23(20)28(19,4)26-25(24)30-26/h9-10,18,21-26H,7-8,11-17H2,1-6H3/t18?,21-,22+,23+,24?,25?,26?,27-,28+/m1/s1. The minimum atomic E-state index is -1.63. The fourth-order valence-electron chi connectivity index (χ4n) is 8.63. The number of unbranched alkanes of at least 4 members (excludes halogenated alkanes) is 1. The van der Waals surface area contributed by atoms with Crippen molar-refractivity contribution in [3.8, 4) is 0 Å². The highest BCUT2D eigenvalue weighted by Gasteiger charge is 2.67. The highest BCUT2D eigenvalue weighted by atomic mass is 35.5. The lowest BCUT2D eigenvalue weighted by atomic mass is 9.50. The molecule has 4 heteroatoms. The topological polar surface area (TPSA) is 21.8 Å². The summed E-state index contributed by atoms with van der Waals surface area (Å²) in [5.74, 6) is 3.59. The van der Waals surface area contributed by atoms with E-state index in [1.165, 1.54) is 44.6 Å². The van der Waals surface area contributed by atoms with Crippen LogP contribution in [0.4, 0.5) is 0 Å². The summed E-state index contributed by atoms with van der Waals surface area (Å²) in [7, 11) is -1.63. The normalized spacial score (nSPS) is 45.7. The van der Waals surface area contributed by atoms with Crippen LogP contribution >= 0.6 is 11.6 Å². The maximum atomic E-state index is 6.84. The van der Waals surface area contributed by atoms with Crippen LogP contribution < -0.4 is 0 Å². The molecule has 0 aromatic rings. The SMILES string of the molecule is CCCC[Si](C)(C)OC1CC2=CC=C3[C@@H]4CC[C@H](C(C)CCl)[C@@]4(C)CC[C@@H]3[C@@]2(C)C2OC12. The first-order chi connectivity index (χ1) is 15.2. The van der Waals surface area contributed by atoms with Crippen molar-refractivity contribution in [3.63, 3.8) is 0 Å². The van der Waals surface area contributed by atoms with Gasteiger partial charge in [-0.1, -0.05) is 63.8 Å². The average Bonchev–Trinajstić information content (AvgIpc) is 3.49. The van der Waals surface area contributed by atoms with Gasteiger partial charge in [0.25, 0.3) is 0 Å². The molecule has 5 rings (SSSR count). The zero-order chi connectivity index (χ0) is 22.9. The van der Waals surface area contributed by atoms with Crippen LogP contribution in [0.2, 0.25) is 19.1 Å². The van der Waals surface area contributed by atoms with E-state index < -0.39 is 8.32 Å². The third-order valence-electron chi connectivity index (χ3n) is 10.5. The first-order valence-corrected chi connectivity index (χ1v) is 17.1. The van der Waals surface area contributed by atoms with Crippen molar-refractivity contribution < 1.29 is 9.16 Å². The van der Waals surface area contributed by atoms with Crippen molar-refractivity contribution in [2.45, 2.75) is 110 Å². The molecule has 0 aromatic heterocycles. The molecule has 0 bridgehead atoms. The molecule has 2 nitrogen and oxygen atoms in total. The quantitative estimate of drug-likeness (QED) is 0.213. The van der Waals surface area contributed by atoms with E-state index in [-0.39, 0.29) is 11.5 Å². The summed E-state index contributed by atoms with van der Waals surface area (Å²) in [6.45, 7) is 14.6. The smallest absolute Gasteiger partial charge is 0.187 e. The second-order valence-electron chi connectivity index (χ2n) is 12.9. The van der Waals surface area contributed by atoms with Crippen LogP contribution in [0.15, 0.2) is 23.3 Å². The Morgan fingerprint density at radius 2 is 1.97 bits per heavy atom. The van der Waals surface area contributed by atoms with E-state index in [1.807, 2.05) is 0 Å². The van der Waals surface area contributed by atoms with E-state index in [4.69, 9.17) is 20.8 Å². The van der Waals surface area contributed by atoms with Crippen LogP contribution in [0, 0.1) is 34.5 Å². The molecule has 0 N–H and O–H groups in total. The monoisotopic (exact) mass is 476 g/mol. The van der Waals surface area contributed by atoms with Gasteiger partial charge in [-0.05, 0) is 80.3 Å². The number of epoxide rings is 1. The first-order valence-electron chi connectivity index (χ1n) is 13.5. The molecule has 5 aliphatic rings. The fraction of sp³-hybridized carbons (Fsp3) is 0.857. The van der Waals surface area contributed by atoms with Gasteiger partial charge in [-0.3, -0.25) is 0 Å². The molecule has 4 fully saturated rings. The van der Waals surface area contributed by atoms with Crippen LogP contribution in [0.3, 0.4) is 0 Å². The van der Waals surface area contributed by atoms with E-state index >= 15 is 0 Å². The predicted octanol–water partition coefficient (Wildman–Crippen LogP) is 7.74. The summed E-state index contributed by atoms with van der Waals surface area (Å²) in [5, 5.41) is 0. The molecule has 0 spiro atoms. The molecule has 3 saturated carbocycles. The number of halogens is 1. The summed E-state index contributed by atoms with van der Waals surface area (Å²) >= 11 is 6.34. The van der Waals surface area contributed by atoms with Gasteiger partial charge in [-0.25, -0.2) is 0 Å². The third kappa shape index (κ3) is 3.55. The molecule has 4 aliphatic carbocycles. The maximum Gasteiger partial charge on any atom is 0.187 e. The van der Waals surface area contributed by atoms with Crippen LogP contribution in [0.25, 0.3) is 0 Å². The lowest BCUT2D eigenvalue weighted by Crippen LogP contribution is -2.51. The Morgan fingerprint density at radius 1 is 1.19 bits per heavy atom. The van der Waals surface area contributed by atoms with Gasteiger partial charge in [0, 0.05) is 11.3 Å². The molecular weight excluding hydrogens is 432 g/mol. The van der Waals surface area contributed by atoms with E-state index in [0.717, 1.165) is 24.1 Å². The van der Waals surface area contributed by atoms with Gasteiger partial charge in [0.2, 0.25) is 0 Å². The zero-order valence-corrected chi connectivity index (χ0v) is 23.0. The summed E-state index contributed by atoms with van der Waals surface area (Å²) in [5.41, 5.74) is 3.97. The van der Waals surface area contributed by atoms with Crippen molar-refractivity contribution in [3.05, 3.63) is 23.3 Å². The molecule has 0 aromatic carbocycles. The van der Waals surface area contributed by atoms with Gasteiger partial charge in [0.05, 0.1) is 12.2 Å². The van der Waals surface area contributed by atoms with Gasteiger partial charge < -0.3 is 9.16 Å². The van der Waals surface area contributed by atoms with E-state index in [9.17, 15) is 0 Å². The van der Waals surface area contributed by atoms with Gasteiger partial charge in [0.1, 0.15) is 6.10 Å². The van der Waals surface area contributed by atoms with Crippen LogP contribution in [-0.4, -0.2) is 32.5 Å². The van der Waals surface area contributed by atoms with Crippen molar-refractivity contribution in [1.29, 1.82) is 0 Å². The summed E-state index contributed by atoms with van der Waals surface area (Å²) in [6.07, 6.45) is 15.0. The van der Waals surface area contributed by atoms with E-state index in [2.05, 4.69) is 52.9 Å². The van der Waals surface area contributed by atoms with Crippen LogP contribution in [0.5, 0.6) is 0 Å². The predicted molar refractivity (Wildman–Crippen MR) is 137 cm³/mol. The van der Waals surface area contributed by atoms with E-state index in [0.29, 0.717) is 29.5 Å². The Morgan fingerprint density at radius 3 is 2.69 bits per heavy atom. The lowest BCUT2D eigenvalue weighted by Gasteiger charge is -2.54. The third-order valence-corrected chi connectivity index (χ3v) is 13.5. The Kier molecular flexibility index (Phi) is 6.09. The molecule has 1 saturated heterocycles. The number of hydrogen-bond donors (Lipinski definition) is 0. The van der Waals surface area contributed by atoms with Crippen LogP contribution in [-0.2, 0) is 9.16 Å². The second kappa shape index (κ2) is 8.24. The van der Waals surface area contributed by atoms with Crippen molar-refractivity contribution in [2.75, 3.05) is 5.88 Å². The van der Waals surface area contributed by atoms with Gasteiger partial charge >= 0.3 is 0 Å². The van der Waals surface area contributed by atoms with Crippen LogP contribution in [0.1, 0.15) is 72.6 Å². The minimum absolute atomic E-state index is 0.182. The van der Waals surface area contributed by atoms with Crippen molar-refractivity contribution >= 4 is 19.9 Å². The molecular formula is C28H45ClO2Si. The van der Waals surface area contributed by atoms with Crippen molar-refractivity contribution in [1.82, 2.24) is 0 Å². The molecule has 1 aliphatic heterocycles. The number of alkyl halides is 1. The molecule has 32 heavy (non-hydrogen) atoms. The largest absolute Gasteiger partial charge is 0.411 e. The van der Waals surface area contributed by atoms with Gasteiger partial charge in [-0.15, -0.1) is 11.6 Å².